The molecule has 0 radical (unpaired) electrons. The van der Waals surface area contributed by atoms with Crippen molar-refractivity contribution in [2.45, 2.75) is 6.42 Å². The summed E-state index contributed by atoms with van der Waals surface area (Å²) < 4.78 is 2.30. The smallest absolute Gasteiger partial charge is 0.240 e. The van der Waals surface area contributed by atoms with Gasteiger partial charge in [-0.25, -0.2) is 0 Å². The van der Waals surface area contributed by atoms with E-state index in [4.69, 9.17) is 15.0 Å². The molecule has 0 bridgehead atoms. The second-order valence-corrected chi connectivity index (χ2v) is 27.5. The summed E-state index contributed by atoms with van der Waals surface area (Å²) in [5.41, 5.74) is 7.50. The predicted molar refractivity (Wildman–Crippen MR) is 324 cm³/mol. The van der Waals surface area contributed by atoms with Crippen molar-refractivity contribution in [3.8, 4) is 17.3 Å². The Morgan fingerprint density at radius 2 is 0.675 bits per heavy atom. The molecule has 14 rings (SSSR count). The molecule has 0 saturated carbocycles. The van der Waals surface area contributed by atoms with Gasteiger partial charge in [0.1, 0.15) is 0 Å². The normalized spacial score (nSPS) is 12.3. The monoisotopic (exact) mass is 1020 g/mol. The van der Waals surface area contributed by atoms with Crippen LogP contribution in [-0.2, 0) is 6.42 Å². The number of benzene rings is 11. The molecule has 7 heteroatoms. The Morgan fingerprint density at radius 1 is 0.286 bits per heavy atom. The van der Waals surface area contributed by atoms with Crippen LogP contribution in [0.2, 0.25) is 0 Å². The molecule has 1 aliphatic rings. The second-order valence-electron chi connectivity index (χ2n) is 19.9. The molecule has 0 aliphatic carbocycles. The van der Waals surface area contributed by atoms with E-state index in [9.17, 15) is 0 Å². The standard InChI is InChI=1S/C70H51N5Si2/c1-7-29-54(30-8-1)76(55-31-9-2-10-32-55,56-33-11-3-12-34-56)60-41-25-28-53(49-60)68-71-69(74-64-43-22-19-26-51(64)48-52-27-20-23-44-65(52)74)73-70(72-68)75-66-45-24-21-42-62(66)63-47-46-61(50-67(63)75)77(57-35-13-4-14-36-57,58-37-15-5-16-38-58)59-39-17-6-18-40-59/h1-47,49-50H,48H2. The molecule has 77 heavy (non-hydrogen) atoms. The number of fused-ring (bicyclic) bond motifs is 5. The van der Waals surface area contributed by atoms with E-state index < -0.39 is 16.1 Å². The predicted octanol–water partition coefficient (Wildman–Crippen LogP) is 10.8. The summed E-state index contributed by atoms with van der Waals surface area (Å²) in [5, 5.41) is 12.6. The lowest BCUT2D eigenvalue weighted by Crippen LogP contribution is -2.74. The van der Waals surface area contributed by atoms with Gasteiger partial charge in [0, 0.05) is 22.8 Å². The van der Waals surface area contributed by atoms with Gasteiger partial charge in [0.15, 0.2) is 22.0 Å². The minimum absolute atomic E-state index is 0.545. The summed E-state index contributed by atoms with van der Waals surface area (Å²) in [5.74, 6) is 1.69. The molecular formula is C70H51N5Si2. The molecule has 0 unspecified atom stereocenters. The Hall–Kier alpha value is -9.54. The number of nitrogens with zero attached hydrogens (tertiary/aromatic N) is 5. The maximum absolute atomic E-state index is 5.70. The zero-order valence-corrected chi connectivity index (χ0v) is 44.2. The highest BCUT2D eigenvalue weighted by Crippen LogP contribution is 2.43. The first-order valence-electron chi connectivity index (χ1n) is 26.4. The van der Waals surface area contributed by atoms with Gasteiger partial charge in [0.2, 0.25) is 11.9 Å². The molecule has 0 saturated heterocycles. The molecule has 13 aromatic rings. The van der Waals surface area contributed by atoms with Crippen molar-refractivity contribution in [1.82, 2.24) is 19.5 Å². The van der Waals surface area contributed by atoms with Gasteiger partial charge in [-0.2, -0.15) is 15.0 Å². The third-order valence-corrected chi connectivity index (χ3v) is 25.3. The molecule has 0 spiro atoms. The lowest BCUT2D eigenvalue weighted by molar-refractivity contribution is 0.923. The maximum atomic E-state index is 5.70. The van der Waals surface area contributed by atoms with Gasteiger partial charge in [-0.15, -0.1) is 0 Å². The molecule has 11 aromatic carbocycles. The first-order valence-corrected chi connectivity index (χ1v) is 30.4. The summed E-state index contributed by atoms with van der Waals surface area (Å²) in [4.78, 5) is 19.3. The third kappa shape index (κ3) is 7.61. The van der Waals surface area contributed by atoms with Crippen LogP contribution in [0.5, 0.6) is 0 Å². The Labute approximate surface area is 450 Å². The fourth-order valence-electron chi connectivity index (χ4n) is 12.4. The minimum Gasteiger partial charge on any atom is -0.278 e. The van der Waals surface area contributed by atoms with E-state index in [0.717, 1.165) is 45.2 Å². The van der Waals surface area contributed by atoms with E-state index in [-0.39, 0.29) is 0 Å². The van der Waals surface area contributed by atoms with Gasteiger partial charge in [-0.1, -0.05) is 273 Å². The molecule has 3 heterocycles. The van der Waals surface area contributed by atoms with E-state index in [1.807, 2.05) is 0 Å². The van der Waals surface area contributed by atoms with Crippen molar-refractivity contribution < 1.29 is 0 Å². The van der Waals surface area contributed by atoms with E-state index >= 15 is 0 Å². The van der Waals surface area contributed by atoms with Gasteiger partial charge in [-0.05, 0) is 76.9 Å². The number of hydrogen-bond acceptors (Lipinski definition) is 4. The Balaban J connectivity index is 1.07. The summed E-state index contributed by atoms with van der Waals surface area (Å²) in [6.07, 6.45) is 0.812. The summed E-state index contributed by atoms with van der Waals surface area (Å²) in [7, 11) is -5.89. The highest BCUT2D eigenvalue weighted by molar-refractivity contribution is 7.20. The van der Waals surface area contributed by atoms with Crippen LogP contribution in [0.1, 0.15) is 11.1 Å². The fourth-order valence-corrected chi connectivity index (χ4v) is 22.0. The SMILES string of the molecule is c1ccc([Si](c2ccccc2)(c2ccccc2)c2cccc(-c3nc(N4c5ccccc5Cc5ccccc54)nc(-n4c5ccccc5c5ccc([Si](c6ccccc6)(c6ccccc6)c6ccccc6)cc54)n3)c2)cc1. The van der Waals surface area contributed by atoms with Crippen LogP contribution in [0.4, 0.5) is 17.3 Å². The average Bonchev–Trinajstić information content (AvgIpc) is 4.03. The topological polar surface area (TPSA) is 46.8 Å². The zero-order chi connectivity index (χ0) is 51.2. The molecule has 1 aliphatic heterocycles. The lowest BCUT2D eigenvalue weighted by atomic mass is 9.96. The first kappa shape index (κ1) is 46.0. The number of anilines is 3. The Morgan fingerprint density at radius 3 is 1.17 bits per heavy atom. The largest absolute Gasteiger partial charge is 0.278 e. The highest BCUT2D eigenvalue weighted by atomic mass is 28.3. The third-order valence-electron chi connectivity index (χ3n) is 15.8. The second kappa shape index (κ2) is 19.3. The number of para-hydroxylation sites is 3. The number of aromatic nitrogens is 4. The molecule has 0 fully saturated rings. The van der Waals surface area contributed by atoms with E-state index in [0.29, 0.717) is 17.7 Å². The van der Waals surface area contributed by atoms with Crippen LogP contribution in [0, 0.1) is 0 Å². The van der Waals surface area contributed by atoms with Gasteiger partial charge >= 0.3 is 0 Å². The molecular weight excluding hydrogens is 967 g/mol. The van der Waals surface area contributed by atoms with Crippen molar-refractivity contribution >= 4 is 96.8 Å². The highest BCUT2D eigenvalue weighted by Gasteiger charge is 2.43. The molecule has 0 N–H and O–H groups in total. The summed E-state index contributed by atoms with van der Waals surface area (Å²) in [6, 6.07) is 109. The van der Waals surface area contributed by atoms with Crippen molar-refractivity contribution in [1.29, 1.82) is 0 Å². The van der Waals surface area contributed by atoms with Crippen molar-refractivity contribution in [2.24, 2.45) is 0 Å². The average molecular weight is 1020 g/mol. The Bertz CT molecular complexity index is 4010. The summed E-state index contributed by atoms with van der Waals surface area (Å²) in [6.45, 7) is 0. The van der Waals surface area contributed by atoms with Gasteiger partial charge < -0.3 is 0 Å². The molecule has 364 valence electrons. The molecule has 2 aromatic heterocycles. The van der Waals surface area contributed by atoms with Crippen molar-refractivity contribution in [2.75, 3.05) is 4.90 Å². The van der Waals surface area contributed by atoms with E-state index in [1.54, 1.807) is 0 Å². The van der Waals surface area contributed by atoms with Gasteiger partial charge in [0.25, 0.3) is 0 Å². The Kier molecular flexibility index (Phi) is 11.5. The fraction of sp³-hybridized carbons (Fsp3) is 0.0143. The molecule has 0 atom stereocenters. The minimum atomic E-state index is -2.95. The van der Waals surface area contributed by atoms with Gasteiger partial charge in [0.05, 0.1) is 22.4 Å². The first-order chi connectivity index (χ1) is 38.2. The molecule has 0 amide bonds. The lowest BCUT2D eigenvalue weighted by Gasteiger charge is -2.34. The molecule has 5 nitrogen and oxygen atoms in total. The number of rotatable bonds is 11. The van der Waals surface area contributed by atoms with Gasteiger partial charge in [-0.3, -0.25) is 9.47 Å². The van der Waals surface area contributed by atoms with Crippen LogP contribution >= 0.6 is 0 Å². The van der Waals surface area contributed by atoms with Crippen LogP contribution in [0.25, 0.3) is 39.1 Å². The maximum Gasteiger partial charge on any atom is 0.240 e. The summed E-state index contributed by atoms with van der Waals surface area (Å²) >= 11 is 0. The van der Waals surface area contributed by atoms with Crippen LogP contribution in [0.15, 0.2) is 297 Å². The number of hydrogen-bond donors (Lipinski definition) is 0. The van der Waals surface area contributed by atoms with Crippen molar-refractivity contribution in [3.05, 3.63) is 308 Å². The van der Waals surface area contributed by atoms with Crippen LogP contribution < -0.4 is 46.4 Å². The zero-order valence-electron chi connectivity index (χ0n) is 42.2. The van der Waals surface area contributed by atoms with E-state index in [2.05, 4.69) is 307 Å². The quantitative estimate of drug-likeness (QED) is 0.0957. The van der Waals surface area contributed by atoms with Crippen LogP contribution in [0.3, 0.4) is 0 Å². The van der Waals surface area contributed by atoms with Crippen LogP contribution in [-0.4, -0.2) is 35.7 Å². The van der Waals surface area contributed by atoms with Crippen molar-refractivity contribution in [3.63, 3.8) is 0 Å². The van der Waals surface area contributed by atoms with E-state index in [1.165, 1.54) is 52.6 Å².